The Bertz CT molecular complexity index is 1730. The molecular weight excluding hydrogens is 528 g/mol. The minimum atomic E-state index is -1.39. The first kappa shape index (κ1) is 24.9. The Labute approximate surface area is 235 Å². The number of nitrogens with one attached hydrogen (secondary N) is 3. The van der Waals surface area contributed by atoms with Gasteiger partial charge in [-0.3, -0.25) is 24.6 Å². The van der Waals surface area contributed by atoms with E-state index in [0.29, 0.717) is 28.4 Å². The average Bonchev–Trinajstić information content (AvgIpc) is 3.67. The third-order valence-corrected chi connectivity index (χ3v) is 9.22. The van der Waals surface area contributed by atoms with Gasteiger partial charge < -0.3 is 15.0 Å². The molecule has 1 spiro atoms. The van der Waals surface area contributed by atoms with Gasteiger partial charge in [-0.25, -0.2) is 0 Å². The van der Waals surface area contributed by atoms with Gasteiger partial charge in [0.05, 0.1) is 31.2 Å². The number of rotatable bonds is 5. The van der Waals surface area contributed by atoms with Crippen LogP contribution < -0.4 is 15.4 Å². The first-order chi connectivity index (χ1) is 19.3. The normalized spacial score (nSPS) is 25.1. The summed E-state index contributed by atoms with van der Waals surface area (Å²) in [4.78, 5) is 46.9. The number of likely N-dealkylation sites (tertiary alicyclic amines) is 1. The second kappa shape index (κ2) is 8.94. The molecule has 0 saturated carbocycles. The maximum Gasteiger partial charge on any atom is 0.250 e. The maximum absolute atomic E-state index is 14.2. The number of methoxy groups -OCH3 is 1. The molecule has 3 amide bonds. The van der Waals surface area contributed by atoms with Gasteiger partial charge in [0.2, 0.25) is 17.7 Å². The first-order valence-corrected chi connectivity index (χ1v) is 13.6. The van der Waals surface area contributed by atoms with Crippen LogP contribution in [-0.2, 0) is 32.9 Å². The molecule has 0 unspecified atom stereocenters. The molecule has 4 atom stereocenters. The number of para-hydroxylation sites is 2. The molecule has 2 saturated heterocycles. The van der Waals surface area contributed by atoms with E-state index in [1.54, 1.807) is 25.3 Å². The highest BCUT2D eigenvalue weighted by molar-refractivity contribution is 6.32. The van der Waals surface area contributed by atoms with Gasteiger partial charge in [0.15, 0.2) is 0 Å². The average molecular weight is 555 g/mol. The van der Waals surface area contributed by atoms with Crippen molar-refractivity contribution in [3.63, 3.8) is 0 Å². The van der Waals surface area contributed by atoms with Crippen molar-refractivity contribution in [1.29, 1.82) is 0 Å². The molecular formula is C31H27ClN4O4. The number of fused-ring (bicyclic) bond motifs is 5. The van der Waals surface area contributed by atoms with Crippen molar-refractivity contribution < 1.29 is 19.1 Å². The third kappa shape index (κ3) is 3.33. The van der Waals surface area contributed by atoms with Crippen molar-refractivity contribution in [2.45, 2.75) is 31.5 Å². The van der Waals surface area contributed by atoms with Gasteiger partial charge in [-0.1, -0.05) is 54.1 Å². The summed E-state index contributed by atoms with van der Waals surface area (Å²) in [6.45, 7) is 1.91. The number of nitrogens with zero attached hydrogens (tertiary/aromatic N) is 1. The lowest BCUT2D eigenvalue weighted by molar-refractivity contribution is -0.143. The van der Waals surface area contributed by atoms with Crippen LogP contribution in [0.15, 0.2) is 66.9 Å². The predicted molar refractivity (Wildman–Crippen MR) is 151 cm³/mol. The Morgan fingerprint density at radius 2 is 1.75 bits per heavy atom. The number of ether oxygens (including phenoxy) is 1. The molecule has 3 aliphatic heterocycles. The number of anilines is 1. The van der Waals surface area contributed by atoms with Gasteiger partial charge in [0.1, 0.15) is 11.3 Å². The summed E-state index contributed by atoms with van der Waals surface area (Å²) < 4.78 is 5.49. The molecule has 3 aliphatic rings. The highest BCUT2D eigenvalue weighted by Gasteiger charge is 2.70. The van der Waals surface area contributed by atoms with Gasteiger partial charge in [-0.05, 0) is 42.7 Å². The Morgan fingerprint density at radius 1 is 0.975 bits per heavy atom. The lowest BCUT2D eigenvalue weighted by Crippen LogP contribution is -2.53. The Hall–Kier alpha value is -4.14. The van der Waals surface area contributed by atoms with Crippen LogP contribution in [0.25, 0.3) is 10.9 Å². The van der Waals surface area contributed by atoms with Crippen molar-refractivity contribution in [1.82, 2.24) is 15.2 Å². The second-order valence-corrected chi connectivity index (χ2v) is 11.2. The Balaban J connectivity index is 1.35. The Kier molecular flexibility index (Phi) is 5.56. The fourth-order valence-electron chi connectivity index (χ4n) is 6.92. The van der Waals surface area contributed by atoms with Crippen molar-refractivity contribution in [3.05, 3.63) is 94.1 Å². The number of carbonyl (C=O) groups is 3. The van der Waals surface area contributed by atoms with Crippen molar-refractivity contribution in [2.24, 2.45) is 11.8 Å². The highest BCUT2D eigenvalue weighted by Crippen LogP contribution is 2.54. The number of H-pyrrole nitrogens is 1. The number of carbonyl (C=O) groups excluding carboxylic acids is 3. The van der Waals surface area contributed by atoms with Crippen LogP contribution in [0.2, 0.25) is 5.02 Å². The number of imide groups is 1. The number of aromatic nitrogens is 1. The van der Waals surface area contributed by atoms with E-state index >= 15 is 0 Å². The first-order valence-electron chi connectivity index (χ1n) is 13.3. The fraction of sp³-hybridized carbons (Fsp3) is 0.258. The molecule has 7 rings (SSSR count). The lowest BCUT2D eigenvalue weighted by atomic mass is 9.76. The van der Waals surface area contributed by atoms with Gasteiger partial charge in [-0.15, -0.1) is 0 Å². The monoisotopic (exact) mass is 554 g/mol. The smallest absolute Gasteiger partial charge is 0.250 e. The number of hydrogen-bond donors (Lipinski definition) is 3. The summed E-state index contributed by atoms with van der Waals surface area (Å²) in [7, 11) is 1.56. The molecule has 1 aromatic heterocycles. The van der Waals surface area contributed by atoms with Crippen LogP contribution in [0.4, 0.5) is 5.69 Å². The summed E-state index contributed by atoms with van der Waals surface area (Å²) in [5.74, 6) is -2.05. The lowest BCUT2D eigenvalue weighted by Gasteiger charge is -2.30. The van der Waals surface area contributed by atoms with Gasteiger partial charge in [0.25, 0.3) is 0 Å². The van der Waals surface area contributed by atoms with Crippen molar-refractivity contribution in [3.8, 4) is 5.75 Å². The number of amides is 3. The van der Waals surface area contributed by atoms with Gasteiger partial charge in [-0.2, -0.15) is 0 Å². The molecule has 2 fully saturated rings. The second-order valence-electron chi connectivity index (χ2n) is 10.7. The maximum atomic E-state index is 14.2. The van der Waals surface area contributed by atoms with E-state index in [2.05, 4.69) is 15.6 Å². The summed E-state index contributed by atoms with van der Waals surface area (Å²) in [5, 5.41) is 8.08. The molecule has 0 radical (unpaired) electrons. The number of halogens is 1. The zero-order valence-corrected chi connectivity index (χ0v) is 22.7. The molecule has 202 valence electrons. The largest absolute Gasteiger partial charge is 0.496 e. The molecule has 40 heavy (non-hydrogen) atoms. The molecule has 0 bridgehead atoms. The minimum Gasteiger partial charge on any atom is -0.496 e. The standard InChI is InChI=1S/C31H27ClN4O4/c1-16-21(32)12-11-20-27(16)34-30(39)31(20)26-25(23(35-31)13-18-14-33-22-9-5-4-8-19(18)22)28(37)36(29(26)38)15-17-7-3-6-10-24(17)40-2/h3-12,14,23,25-26,33,35H,13,15H2,1-2H3,(H,34,39)/t23-,25+,26-,31-/m0/s1. The molecule has 8 nitrogen and oxygen atoms in total. The molecule has 0 aliphatic carbocycles. The number of benzene rings is 3. The quantitative estimate of drug-likeness (QED) is 0.319. The molecule has 3 aromatic carbocycles. The molecule has 4 heterocycles. The van der Waals surface area contributed by atoms with Gasteiger partial charge >= 0.3 is 0 Å². The van der Waals surface area contributed by atoms with E-state index in [1.165, 1.54) is 4.90 Å². The SMILES string of the molecule is COc1ccccc1CN1C(=O)[C@@H]2[C@H](Cc3c[nH]c4ccccc34)N[C@]3(C(=O)Nc4c3ccc(Cl)c4C)[C@@H]2C1=O. The molecule has 9 heteroatoms. The molecule has 3 N–H and O–H groups in total. The number of hydrogen-bond acceptors (Lipinski definition) is 5. The van der Waals surface area contributed by atoms with Gasteiger partial charge in [0, 0.05) is 39.3 Å². The van der Waals surface area contributed by atoms with E-state index in [1.807, 2.05) is 55.6 Å². The predicted octanol–water partition coefficient (Wildman–Crippen LogP) is 4.30. The van der Waals surface area contributed by atoms with E-state index in [0.717, 1.165) is 27.6 Å². The Morgan fingerprint density at radius 3 is 2.58 bits per heavy atom. The summed E-state index contributed by atoms with van der Waals surface area (Å²) in [5.41, 5.74) is 3.30. The van der Waals surface area contributed by atoms with Crippen LogP contribution in [0, 0.1) is 18.8 Å². The van der Waals surface area contributed by atoms with Crippen LogP contribution >= 0.6 is 11.6 Å². The zero-order chi connectivity index (χ0) is 27.8. The van der Waals surface area contributed by atoms with E-state index < -0.39 is 23.4 Å². The topological polar surface area (TPSA) is 104 Å². The van der Waals surface area contributed by atoms with Crippen LogP contribution in [0.1, 0.15) is 22.3 Å². The summed E-state index contributed by atoms with van der Waals surface area (Å²) in [6.07, 6.45) is 2.40. The molecule has 4 aromatic rings. The van der Waals surface area contributed by atoms with Crippen LogP contribution in [-0.4, -0.2) is 40.8 Å². The fourth-order valence-corrected chi connectivity index (χ4v) is 7.08. The summed E-state index contributed by atoms with van der Waals surface area (Å²) >= 11 is 6.40. The highest BCUT2D eigenvalue weighted by atomic mass is 35.5. The third-order valence-electron chi connectivity index (χ3n) is 8.81. The summed E-state index contributed by atoms with van der Waals surface area (Å²) in [6, 6.07) is 18.4. The zero-order valence-electron chi connectivity index (χ0n) is 22.0. The van der Waals surface area contributed by atoms with Crippen LogP contribution in [0.5, 0.6) is 5.75 Å². The minimum absolute atomic E-state index is 0.0681. The van der Waals surface area contributed by atoms with Crippen LogP contribution in [0.3, 0.4) is 0 Å². The van der Waals surface area contributed by atoms with E-state index in [-0.39, 0.29) is 24.3 Å². The number of aromatic amines is 1. The van der Waals surface area contributed by atoms with Crippen molar-refractivity contribution >= 4 is 45.9 Å². The van der Waals surface area contributed by atoms with E-state index in [4.69, 9.17) is 16.3 Å². The van der Waals surface area contributed by atoms with E-state index in [9.17, 15) is 14.4 Å². The van der Waals surface area contributed by atoms with Crippen molar-refractivity contribution in [2.75, 3.05) is 12.4 Å².